The summed E-state index contributed by atoms with van der Waals surface area (Å²) in [6, 6.07) is 3.61. The summed E-state index contributed by atoms with van der Waals surface area (Å²) in [5.41, 5.74) is 0.407. The van der Waals surface area contributed by atoms with Crippen LogP contribution in [0.3, 0.4) is 0 Å². The van der Waals surface area contributed by atoms with Crippen LogP contribution in [-0.4, -0.2) is 42.0 Å². The largest absolute Gasteiger partial charge is 0.384 e. The zero-order valence-corrected chi connectivity index (χ0v) is 13.0. The van der Waals surface area contributed by atoms with Gasteiger partial charge in [0, 0.05) is 26.8 Å². The number of carbonyl (C=O) groups is 1. The van der Waals surface area contributed by atoms with Crippen molar-refractivity contribution in [3.8, 4) is 0 Å². The molecular weight excluding hydrogens is 284 g/mol. The van der Waals surface area contributed by atoms with Gasteiger partial charge in [-0.1, -0.05) is 0 Å². The number of rotatable bonds is 2. The minimum absolute atomic E-state index is 0.0524. The first-order valence-corrected chi connectivity index (χ1v) is 7.65. The van der Waals surface area contributed by atoms with Crippen molar-refractivity contribution in [3.05, 3.63) is 24.0 Å². The van der Waals surface area contributed by atoms with E-state index in [9.17, 15) is 9.90 Å². The summed E-state index contributed by atoms with van der Waals surface area (Å²) >= 11 is 0. The summed E-state index contributed by atoms with van der Waals surface area (Å²) in [5, 5.41) is 10.9. The van der Waals surface area contributed by atoms with Gasteiger partial charge in [-0.15, -0.1) is 0 Å². The molecule has 0 bridgehead atoms. The smallest absolute Gasteiger partial charge is 0.223 e. The molecular formula is C16H22N2O4. The van der Waals surface area contributed by atoms with Gasteiger partial charge in [0.25, 0.3) is 0 Å². The predicted molar refractivity (Wildman–Crippen MR) is 80.3 cm³/mol. The molecule has 2 aliphatic rings. The Kier molecular flexibility index (Phi) is 3.92. The molecule has 1 N–H and O–H groups in total. The van der Waals surface area contributed by atoms with Crippen molar-refractivity contribution in [2.24, 2.45) is 0 Å². The van der Waals surface area contributed by atoms with E-state index in [0.29, 0.717) is 44.6 Å². The molecule has 0 aromatic carbocycles. The normalized spacial score (nSPS) is 22.7. The van der Waals surface area contributed by atoms with E-state index in [-0.39, 0.29) is 5.91 Å². The molecule has 1 amide bonds. The van der Waals surface area contributed by atoms with Gasteiger partial charge < -0.3 is 19.5 Å². The second-order valence-corrected chi connectivity index (χ2v) is 6.12. The third-order valence-electron chi connectivity index (χ3n) is 4.74. The van der Waals surface area contributed by atoms with Crippen LogP contribution in [0.25, 0.3) is 0 Å². The van der Waals surface area contributed by atoms with Gasteiger partial charge in [-0.25, -0.2) is 0 Å². The molecule has 6 heteroatoms. The first kappa shape index (κ1) is 15.4. The number of ether oxygens (including phenoxy) is 2. The molecule has 0 atom stereocenters. The van der Waals surface area contributed by atoms with Crippen molar-refractivity contribution >= 4 is 11.6 Å². The maximum atomic E-state index is 11.4. The summed E-state index contributed by atoms with van der Waals surface area (Å²) in [4.78, 5) is 17.3. The zero-order chi connectivity index (χ0) is 15.8. The Hall–Kier alpha value is -1.50. The van der Waals surface area contributed by atoms with Crippen LogP contribution in [0.1, 0.15) is 38.3 Å². The van der Waals surface area contributed by atoms with Crippen LogP contribution >= 0.6 is 0 Å². The third-order valence-corrected chi connectivity index (χ3v) is 4.74. The van der Waals surface area contributed by atoms with Gasteiger partial charge in [0.1, 0.15) is 5.60 Å². The molecule has 0 radical (unpaired) electrons. The van der Waals surface area contributed by atoms with Gasteiger partial charge >= 0.3 is 0 Å². The maximum absolute atomic E-state index is 11.4. The maximum Gasteiger partial charge on any atom is 0.223 e. The monoisotopic (exact) mass is 306 g/mol. The van der Waals surface area contributed by atoms with Crippen LogP contribution in [0.5, 0.6) is 0 Å². The number of aliphatic hydroxyl groups is 1. The van der Waals surface area contributed by atoms with E-state index in [1.165, 1.54) is 11.8 Å². The van der Waals surface area contributed by atoms with Crippen LogP contribution in [-0.2, 0) is 19.9 Å². The van der Waals surface area contributed by atoms with Crippen LogP contribution in [0.4, 0.5) is 5.69 Å². The average molecular weight is 306 g/mol. The Morgan fingerprint density at radius 3 is 2.36 bits per heavy atom. The van der Waals surface area contributed by atoms with Crippen molar-refractivity contribution in [2.45, 2.75) is 44.0 Å². The van der Waals surface area contributed by atoms with Crippen molar-refractivity contribution in [2.75, 3.05) is 25.2 Å². The Morgan fingerprint density at radius 1 is 1.23 bits per heavy atom. The molecule has 2 fully saturated rings. The first-order chi connectivity index (χ1) is 10.4. The Bertz CT molecular complexity index is 542. The lowest BCUT2D eigenvalue weighted by Crippen LogP contribution is -2.42. The van der Waals surface area contributed by atoms with Gasteiger partial charge in [0.2, 0.25) is 5.91 Å². The topological polar surface area (TPSA) is 71.9 Å². The van der Waals surface area contributed by atoms with Gasteiger partial charge in [-0.2, -0.15) is 0 Å². The Morgan fingerprint density at radius 2 is 1.86 bits per heavy atom. The second kappa shape index (κ2) is 5.61. The fourth-order valence-electron chi connectivity index (χ4n) is 3.13. The second-order valence-electron chi connectivity index (χ2n) is 6.12. The molecule has 1 aliphatic heterocycles. The molecule has 2 heterocycles. The van der Waals surface area contributed by atoms with Gasteiger partial charge in [0.15, 0.2) is 5.79 Å². The highest BCUT2D eigenvalue weighted by molar-refractivity contribution is 5.90. The Labute approximate surface area is 130 Å². The lowest BCUT2D eigenvalue weighted by atomic mass is 9.79. The fourth-order valence-corrected chi connectivity index (χ4v) is 3.13. The van der Waals surface area contributed by atoms with E-state index < -0.39 is 11.4 Å². The average Bonchev–Trinajstić information content (AvgIpc) is 2.99. The van der Waals surface area contributed by atoms with Crippen molar-refractivity contribution < 1.29 is 19.4 Å². The van der Waals surface area contributed by atoms with E-state index in [1.807, 2.05) is 6.07 Å². The van der Waals surface area contributed by atoms with E-state index in [4.69, 9.17) is 9.47 Å². The summed E-state index contributed by atoms with van der Waals surface area (Å²) in [6.45, 7) is 2.76. The number of hydrogen-bond donors (Lipinski definition) is 1. The van der Waals surface area contributed by atoms with E-state index in [0.717, 1.165) is 5.69 Å². The van der Waals surface area contributed by atoms with Crippen molar-refractivity contribution in [3.63, 3.8) is 0 Å². The highest BCUT2D eigenvalue weighted by Crippen LogP contribution is 2.44. The van der Waals surface area contributed by atoms with Crippen LogP contribution in [0.2, 0.25) is 0 Å². The standard InChI is InChI=1S/C16H22N2O4/c1-12(19)18(2)13-3-4-14(17-11-13)15(20)5-7-16(8-6-15)21-9-10-22-16/h3-4,11,20H,5-10H2,1-2H3. The molecule has 120 valence electrons. The minimum Gasteiger partial charge on any atom is -0.384 e. The summed E-state index contributed by atoms with van der Waals surface area (Å²) in [5.74, 6) is -0.551. The highest BCUT2D eigenvalue weighted by Gasteiger charge is 2.46. The minimum atomic E-state index is -0.951. The SMILES string of the molecule is CC(=O)N(C)c1ccc(C2(O)CCC3(CC2)OCCO3)nc1. The summed E-state index contributed by atoms with van der Waals surface area (Å²) in [7, 11) is 1.70. The van der Waals surface area contributed by atoms with Gasteiger partial charge in [-0.05, 0) is 25.0 Å². The number of carbonyl (C=O) groups excluding carboxylic acids is 1. The van der Waals surface area contributed by atoms with Crippen LogP contribution in [0, 0.1) is 0 Å². The van der Waals surface area contributed by atoms with Crippen LogP contribution in [0.15, 0.2) is 18.3 Å². The quantitative estimate of drug-likeness (QED) is 0.898. The van der Waals surface area contributed by atoms with Gasteiger partial charge in [0.05, 0.1) is 30.8 Å². The van der Waals surface area contributed by atoms with E-state index >= 15 is 0 Å². The number of anilines is 1. The zero-order valence-electron chi connectivity index (χ0n) is 13.0. The molecule has 1 saturated carbocycles. The summed E-state index contributed by atoms with van der Waals surface area (Å²) < 4.78 is 11.4. The predicted octanol–water partition coefficient (Wildman–Crippen LogP) is 1.57. The molecule has 1 spiro atoms. The number of amides is 1. The molecule has 1 aliphatic carbocycles. The molecule has 6 nitrogen and oxygen atoms in total. The first-order valence-electron chi connectivity index (χ1n) is 7.65. The highest BCUT2D eigenvalue weighted by atomic mass is 16.7. The third kappa shape index (κ3) is 2.74. The lowest BCUT2D eigenvalue weighted by Gasteiger charge is -2.40. The molecule has 22 heavy (non-hydrogen) atoms. The lowest BCUT2D eigenvalue weighted by molar-refractivity contribution is -0.204. The van der Waals surface area contributed by atoms with Crippen molar-refractivity contribution in [1.29, 1.82) is 0 Å². The van der Waals surface area contributed by atoms with Gasteiger partial charge in [-0.3, -0.25) is 9.78 Å². The number of aromatic nitrogens is 1. The van der Waals surface area contributed by atoms with E-state index in [1.54, 1.807) is 19.3 Å². The number of nitrogens with zero attached hydrogens (tertiary/aromatic N) is 2. The summed E-state index contributed by atoms with van der Waals surface area (Å²) in [6.07, 6.45) is 4.08. The molecule has 1 aromatic heterocycles. The number of hydrogen-bond acceptors (Lipinski definition) is 5. The molecule has 3 rings (SSSR count). The molecule has 0 unspecified atom stereocenters. The van der Waals surface area contributed by atoms with Crippen molar-refractivity contribution in [1.82, 2.24) is 4.98 Å². The molecule has 1 saturated heterocycles. The Balaban J connectivity index is 1.72. The fraction of sp³-hybridized carbons (Fsp3) is 0.625. The molecule has 1 aromatic rings. The van der Waals surface area contributed by atoms with Crippen LogP contribution < -0.4 is 4.90 Å². The van der Waals surface area contributed by atoms with E-state index in [2.05, 4.69) is 4.98 Å². The number of pyridine rings is 1.